The number of nitrogens with one attached hydrogen (secondary N) is 1. The third kappa shape index (κ3) is 2.92. The highest BCUT2D eigenvalue weighted by Gasteiger charge is 2.45. The second kappa shape index (κ2) is 5.55. The number of piperazine rings is 1. The lowest BCUT2D eigenvalue weighted by Crippen LogP contribution is -2.69. The number of carbonyl (C=O) groups is 2. The fourth-order valence-corrected chi connectivity index (χ4v) is 2.35. The highest BCUT2D eigenvalue weighted by Crippen LogP contribution is 2.22. The lowest BCUT2D eigenvalue weighted by molar-refractivity contribution is -0.155. The molecule has 1 fully saturated rings. The number of nitrogens with zero attached hydrogens (tertiary/aromatic N) is 1. The molecule has 102 valence electrons. The fourth-order valence-electron chi connectivity index (χ4n) is 2.35. The zero-order valence-corrected chi connectivity index (χ0v) is 12.0. The first-order valence-electron chi connectivity index (χ1n) is 6.55. The van der Waals surface area contributed by atoms with Crippen LogP contribution < -0.4 is 5.32 Å². The third-order valence-electron chi connectivity index (χ3n) is 3.24. The van der Waals surface area contributed by atoms with E-state index in [0.717, 1.165) is 6.42 Å². The first-order valence-corrected chi connectivity index (χ1v) is 6.55. The summed E-state index contributed by atoms with van der Waals surface area (Å²) in [5.41, 5.74) is -0.793. The molecule has 1 aliphatic heterocycles. The summed E-state index contributed by atoms with van der Waals surface area (Å²) >= 11 is 0. The van der Waals surface area contributed by atoms with Gasteiger partial charge in [0.2, 0.25) is 11.8 Å². The summed E-state index contributed by atoms with van der Waals surface area (Å²) in [5, 5.41) is 2.81. The average Bonchev–Trinajstić information content (AvgIpc) is 2.24. The first kappa shape index (κ1) is 14.7. The van der Waals surface area contributed by atoms with Crippen LogP contribution in [-0.2, 0) is 9.59 Å². The number of hydrogen-bond acceptors (Lipinski definition) is 2. The molecule has 1 aliphatic rings. The van der Waals surface area contributed by atoms with Crippen molar-refractivity contribution in [3.05, 3.63) is 12.2 Å². The van der Waals surface area contributed by atoms with Gasteiger partial charge in [0.1, 0.15) is 11.6 Å². The van der Waals surface area contributed by atoms with E-state index in [-0.39, 0.29) is 23.8 Å². The molecule has 2 amide bonds. The lowest BCUT2D eigenvalue weighted by atomic mass is 9.91. The minimum absolute atomic E-state index is 0.00491. The summed E-state index contributed by atoms with van der Waals surface area (Å²) < 4.78 is 0. The minimum atomic E-state index is -0.793. The van der Waals surface area contributed by atoms with Crippen LogP contribution >= 0.6 is 0 Å². The monoisotopic (exact) mass is 252 g/mol. The zero-order valence-electron chi connectivity index (χ0n) is 12.0. The molecule has 0 bridgehead atoms. The minimum Gasteiger partial charge on any atom is -0.340 e. The van der Waals surface area contributed by atoms with Crippen molar-refractivity contribution < 1.29 is 9.59 Å². The Labute approximate surface area is 109 Å². The highest BCUT2D eigenvalue weighted by atomic mass is 16.2. The predicted molar refractivity (Wildman–Crippen MR) is 72.0 cm³/mol. The van der Waals surface area contributed by atoms with E-state index in [9.17, 15) is 9.59 Å². The molecule has 0 saturated carbocycles. The van der Waals surface area contributed by atoms with Gasteiger partial charge in [0, 0.05) is 6.54 Å². The van der Waals surface area contributed by atoms with Gasteiger partial charge in [-0.2, -0.15) is 0 Å². The van der Waals surface area contributed by atoms with Crippen molar-refractivity contribution in [2.24, 2.45) is 5.92 Å². The number of allylic oxidation sites excluding steroid dienone is 1. The van der Waals surface area contributed by atoms with E-state index in [4.69, 9.17) is 0 Å². The zero-order chi connectivity index (χ0) is 13.9. The maximum absolute atomic E-state index is 12.4. The van der Waals surface area contributed by atoms with Gasteiger partial charge in [-0.05, 0) is 33.1 Å². The van der Waals surface area contributed by atoms with E-state index >= 15 is 0 Å². The molecule has 4 heteroatoms. The van der Waals surface area contributed by atoms with Gasteiger partial charge >= 0.3 is 0 Å². The van der Waals surface area contributed by atoms with Crippen molar-refractivity contribution in [1.29, 1.82) is 0 Å². The van der Waals surface area contributed by atoms with Gasteiger partial charge in [0.05, 0.1) is 0 Å². The van der Waals surface area contributed by atoms with Crippen molar-refractivity contribution in [2.75, 3.05) is 6.54 Å². The number of hydrogen-bond donors (Lipinski definition) is 1. The predicted octanol–water partition coefficient (Wildman–Crippen LogP) is 1.71. The molecule has 1 heterocycles. The Morgan fingerprint density at radius 3 is 2.50 bits per heavy atom. The molecular weight excluding hydrogens is 228 g/mol. The van der Waals surface area contributed by atoms with Gasteiger partial charge in [-0.3, -0.25) is 9.59 Å². The van der Waals surface area contributed by atoms with Crippen LogP contribution in [0.5, 0.6) is 0 Å². The van der Waals surface area contributed by atoms with Crippen molar-refractivity contribution in [3.8, 4) is 0 Å². The van der Waals surface area contributed by atoms with E-state index in [2.05, 4.69) is 5.32 Å². The van der Waals surface area contributed by atoms with Crippen LogP contribution in [0.25, 0.3) is 0 Å². The molecule has 0 radical (unpaired) electrons. The van der Waals surface area contributed by atoms with Gasteiger partial charge in [0.25, 0.3) is 0 Å². The van der Waals surface area contributed by atoms with Crippen molar-refractivity contribution in [2.45, 2.75) is 52.6 Å². The molecule has 1 saturated heterocycles. The van der Waals surface area contributed by atoms with Crippen LogP contribution in [0.2, 0.25) is 0 Å². The van der Waals surface area contributed by atoms with E-state index < -0.39 is 5.54 Å². The van der Waals surface area contributed by atoms with Gasteiger partial charge in [-0.25, -0.2) is 0 Å². The topological polar surface area (TPSA) is 49.4 Å². The Bertz CT molecular complexity index is 359. The summed E-state index contributed by atoms with van der Waals surface area (Å²) in [4.78, 5) is 26.2. The van der Waals surface area contributed by atoms with E-state index in [1.54, 1.807) is 18.7 Å². The van der Waals surface area contributed by atoms with Gasteiger partial charge in [0.15, 0.2) is 0 Å². The molecule has 18 heavy (non-hydrogen) atoms. The lowest BCUT2D eigenvalue weighted by Gasteiger charge is -2.44. The summed E-state index contributed by atoms with van der Waals surface area (Å²) in [7, 11) is 0. The molecule has 0 aromatic rings. The first-order chi connectivity index (χ1) is 8.31. The van der Waals surface area contributed by atoms with Crippen molar-refractivity contribution in [3.63, 3.8) is 0 Å². The van der Waals surface area contributed by atoms with Crippen LogP contribution in [-0.4, -0.2) is 34.8 Å². The van der Waals surface area contributed by atoms with Crippen LogP contribution in [0.1, 0.15) is 41.0 Å². The van der Waals surface area contributed by atoms with Crippen LogP contribution in [0, 0.1) is 5.92 Å². The maximum atomic E-state index is 12.4. The largest absolute Gasteiger partial charge is 0.340 e. The van der Waals surface area contributed by atoms with E-state index in [0.29, 0.717) is 6.54 Å². The second-order valence-electron chi connectivity index (χ2n) is 5.66. The summed E-state index contributed by atoms with van der Waals surface area (Å²) in [6.07, 6.45) is 4.77. The quantitative estimate of drug-likeness (QED) is 0.774. The van der Waals surface area contributed by atoms with Gasteiger partial charge in [-0.1, -0.05) is 26.0 Å². The SMILES string of the molecule is C/C=C/CCN1C(=O)C(C)(C)NC(=O)C1C(C)C. The Balaban J connectivity index is 2.94. The smallest absolute Gasteiger partial charge is 0.248 e. The molecular formula is C14H24N2O2. The molecule has 1 N–H and O–H groups in total. The van der Waals surface area contributed by atoms with Crippen LogP contribution in [0.15, 0.2) is 12.2 Å². The van der Waals surface area contributed by atoms with Gasteiger partial charge in [-0.15, -0.1) is 0 Å². The summed E-state index contributed by atoms with van der Waals surface area (Å²) in [6, 6.07) is -0.351. The molecule has 1 unspecified atom stereocenters. The fraction of sp³-hybridized carbons (Fsp3) is 0.714. The second-order valence-corrected chi connectivity index (χ2v) is 5.66. The van der Waals surface area contributed by atoms with E-state index in [1.807, 2.05) is 32.9 Å². The molecule has 0 aliphatic carbocycles. The average molecular weight is 252 g/mol. The Morgan fingerprint density at radius 2 is 2.00 bits per heavy atom. The molecule has 0 aromatic heterocycles. The Hall–Kier alpha value is -1.32. The number of amides is 2. The van der Waals surface area contributed by atoms with Crippen molar-refractivity contribution >= 4 is 11.8 Å². The molecule has 1 atom stereocenters. The molecule has 1 rings (SSSR count). The Kier molecular flexibility index (Phi) is 4.54. The summed E-state index contributed by atoms with van der Waals surface area (Å²) in [5.74, 6) is 0.0797. The summed E-state index contributed by atoms with van der Waals surface area (Å²) in [6.45, 7) is 10.0. The normalized spacial score (nSPS) is 23.9. The van der Waals surface area contributed by atoms with Crippen LogP contribution in [0.3, 0.4) is 0 Å². The molecule has 0 aromatic carbocycles. The maximum Gasteiger partial charge on any atom is 0.248 e. The Morgan fingerprint density at radius 1 is 1.39 bits per heavy atom. The van der Waals surface area contributed by atoms with E-state index in [1.165, 1.54) is 0 Å². The van der Waals surface area contributed by atoms with Gasteiger partial charge < -0.3 is 10.2 Å². The van der Waals surface area contributed by atoms with Crippen molar-refractivity contribution in [1.82, 2.24) is 10.2 Å². The standard InChI is InChI=1S/C14H24N2O2/c1-6-7-8-9-16-11(10(2)3)12(17)15-14(4,5)13(16)18/h6-7,10-11H,8-9H2,1-5H3,(H,15,17)/b7-6+. The van der Waals surface area contributed by atoms with Crippen LogP contribution in [0.4, 0.5) is 0 Å². The third-order valence-corrected chi connectivity index (χ3v) is 3.24. The highest BCUT2D eigenvalue weighted by molar-refractivity contribution is 5.99. The molecule has 4 nitrogen and oxygen atoms in total. The number of rotatable bonds is 4. The number of carbonyl (C=O) groups excluding carboxylic acids is 2. The molecule has 0 spiro atoms.